The van der Waals surface area contributed by atoms with Crippen LogP contribution in [-0.2, 0) is 0 Å². The lowest BCUT2D eigenvalue weighted by Crippen LogP contribution is -2.40. The van der Waals surface area contributed by atoms with Crippen LogP contribution in [0.2, 0.25) is 0 Å². The Morgan fingerprint density at radius 2 is 2.07 bits per heavy atom. The molecule has 3 aliphatic rings. The van der Waals surface area contributed by atoms with Crippen molar-refractivity contribution in [3.63, 3.8) is 0 Å². The average Bonchev–Trinajstić information content (AvgIpc) is 3.00. The summed E-state index contributed by atoms with van der Waals surface area (Å²) in [7, 11) is 0. The fraction of sp³-hybridized carbons (Fsp3) is 1.00. The standard InChI is InChI=1S/C11H20N4/c12-6-5-8-1-4-11-10(7-8)13-14-15(11)9-2-3-9/h8-11H,1-7,12H2. The Bertz CT molecular complexity index is 261. The highest BCUT2D eigenvalue weighted by Crippen LogP contribution is 2.40. The summed E-state index contributed by atoms with van der Waals surface area (Å²) in [5.74, 6) is 0.800. The molecule has 2 fully saturated rings. The van der Waals surface area contributed by atoms with Crippen LogP contribution in [0.4, 0.5) is 0 Å². The number of hydrogen-bond acceptors (Lipinski definition) is 4. The number of hydrogen-bond donors (Lipinski definition) is 1. The van der Waals surface area contributed by atoms with E-state index in [1.165, 1.54) is 38.5 Å². The van der Waals surface area contributed by atoms with E-state index in [0.29, 0.717) is 12.1 Å². The predicted octanol–water partition coefficient (Wildman–Crippen LogP) is 1.72. The number of nitrogens with zero attached hydrogens (tertiary/aromatic N) is 3. The van der Waals surface area contributed by atoms with E-state index in [1.807, 2.05) is 0 Å². The second-order valence-electron chi connectivity index (χ2n) is 5.21. The van der Waals surface area contributed by atoms with Gasteiger partial charge in [0.15, 0.2) is 0 Å². The van der Waals surface area contributed by atoms with E-state index < -0.39 is 0 Å². The van der Waals surface area contributed by atoms with Gasteiger partial charge < -0.3 is 5.73 Å². The Balaban J connectivity index is 1.61. The van der Waals surface area contributed by atoms with Gasteiger partial charge in [-0.1, -0.05) is 5.22 Å². The van der Waals surface area contributed by atoms with Gasteiger partial charge in [-0.2, -0.15) is 5.11 Å². The second-order valence-corrected chi connectivity index (χ2v) is 5.21. The summed E-state index contributed by atoms with van der Waals surface area (Å²) in [6.07, 6.45) is 7.64. The minimum absolute atomic E-state index is 0.482. The smallest absolute Gasteiger partial charge is 0.0952 e. The maximum Gasteiger partial charge on any atom is 0.0952 e. The summed E-state index contributed by atoms with van der Waals surface area (Å²) in [6.45, 7) is 0.825. The monoisotopic (exact) mass is 208 g/mol. The van der Waals surface area contributed by atoms with Gasteiger partial charge in [-0.25, -0.2) is 0 Å². The van der Waals surface area contributed by atoms with Crippen LogP contribution in [-0.4, -0.2) is 29.7 Å². The van der Waals surface area contributed by atoms with Crippen LogP contribution >= 0.6 is 0 Å². The Morgan fingerprint density at radius 1 is 1.20 bits per heavy atom. The van der Waals surface area contributed by atoms with Crippen LogP contribution in [0.5, 0.6) is 0 Å². The predicted molar refractivity (Wildman–Crippen MR) is 58.3 cm³/mol. The highest BCUT2D eigenvalue weighted by atomic mass is 15.6. The van der Waals surface area contributed by atoms with Crippen molar-refractivity contribution in [1.29, 1.82) is 0 Å². The molecule has 0 radical (unpaired) electrons. The fourth-order valence-corrected chi connectivity index (χ4v) is 3.02. The van der Waals surface area contributed by atoms with Gasteiger partial charge in [-0.3, -0.25) is 5.01 Å². The molecule has 0 aromatic rings. The Kier molecular flexibility index (Phi) is 2.39. The molecule has 4 nitrogen and oxygen atoms in total. The number of fused-ring (bicyclic) bond motifs is 1. The third kappa shape index (κ3) is 1.75. The maximum absolute atomic E-state index is 5.62. The zero-order chi connectivity index (χ0) is 10.3. The highest BCUT2D eigenvalue weighted by molar-refractivity contribution is 4.97. The van der Waals surface area contributed by atoms with E-state index >= 15 is 0 Å². The molecular formula is C11H20N4. The van der Waals surface area contributed by atoms with Crippen LogP contribution in [0.25, 0.3) is 0 Å². The second kappa shape index (κ2) is 3.74. The van der Waals surface area contributed by atoms with Crippen molar-refractivity contribution >= 4 is 0 Å². The summed E-state index contributed by atoms with van der Waals surface area (Å²) in [6, 6.07) is 1.84. The first-order valence-corrected chi connectivity index (χ1v) is 6.27. The van der Waals surface area contributed by atoms with E-state index in [2.05, 4.69) is 15.3 Å². The lowest BCUT2D eigenvalue weighted by Gasteiger charge is -2.33. The fourth-order valence-electron chi connectivity index (χ4n) is 3.02. The molecule has 2 saturated carbocycles. The first kappa shape index (κ1) is 9.58. The number of nitrogens with two attached hydrogens (primary N) is 1. The third-order valence-corrected chi connectivity index (χ3v) is 4.03. The van der Waals surface area contributed by atoms with Crippen molar-refractivity contribution in [3.05, 3.63) is 0 Å². The molecular weight excluding hydrogens is 188 g/mol. The molecule has 1 aliphatic heterocycles. The zero-order valence-corrected chi connectivity index (χ0v) is 9.18. The van der Waals surface area contributed by atoms with E-state index in [1.54, 1.807) is 0 Å². The molecule has 2 aliphatic carbocycles. The van der Waals surface area contributed by atoms with Gasteiger partial charge in [0, 0.05) is 6.04 Å². The summed E-state index contributed by atoms with van der Waals surface area (Å²) < 4.78 is 0. The van der Waals surface area contributed by atoms with Crippen LogP contribution in [0.3, 0.4) is 0 Å². The molecule has 0 aromatic heterocycles. The van der Waals surface area contributed by atoms with E-state index in [-0.39, 0.29) is 0 Å². The topological polar surface area (TPSA) is 54.0 Å². The minimum atomic E-state index is 0.482. The summed E-state index contributed by atoms with van der Waals surface area (Å²) in [4.78, 5) is 0. The van der Waals surface area contributed by atoms with Crippen LogP contribution in [0.1, 0.15) is 38.5 Å². The van der Waals surface area contributed by atoms with Gasteiger partial charge in [0.2, 0.25) is 0 Å². The molecule has 0 amide bonds. The molecule has 15 heavy (non-hydrogen) atoms. The normalized spacial score (nSPS) is 39.5. The molecule has 3 unspecified atom stereocenters. The van der Waals surface area contributed by atoms with Crippen molar-refractivity contribution < 1.29 is 0 Å². The lowest BCUT2D eigenvalue weighted by molar-refractivity contribution is 0.151. The summed E-state index contributed by atoms with van der Waals surface area (Å²) in [5, 5.41) is 11.1. The van der Waals surface area contributed by atoms with Crippen molar-refractivity contribution in [2.24, 2.45) is 22.0 Å². The van der Waals surface area contributed by atoms with Crippen LogP contribution in [0, 0.1) is 5.92 Å². The molecule has 0 saturated heterocycles. The van der Waals surface area contributed by atoms with Crippen molar-refractivity contribution in [2.75, 3.05) is 6.54 Å². The molecule has 3 atom stereocenters. The summed E-state index contributed by atoms with van der Waals surface area (Å²) in [5.41, 5.74) is 5.62. The van der Waals surface area contributed by atoms with Crippen LogP contribution < -0.4 is 5.73 Å². The Hall–Kier alpha value is -0.640. The van der Waals surface area contributed by atoms with Crippen molar-refractivity contribution in [1.82, 2.24) is 5.01 Å². The van der Waals surface area contributed by atoms with Gasteiger partial charge in [-0.15, -0.1) is 0 Å². The molecule has 2 N–H and O–H groups in total. The third-order valence-electron chi connectivity index (χ3n) is 4.03. The summed E-state index contributed by atoms with van der Waals surface area (Å²) >= 11 is 0. The molecule has 0 aromatic carbocycles. The zero-order valence-electron chi connectivity index (χ0n) is 9.18. The molecule has 0 spiro atoms. The van der Waals surface area contributed by atoms with E-state index in [4.69, 9.17) is 5.73 Å². The van der Waals surface area contributed by atoms with E-state index in [0.717, 1.165) is 18.5 Å². The minimum Gasteiger partial charge on any atom is -0.330 e. The first-order valence-electron chi connectivity index (χ1n) is 6.27. The largest absolute Gasteiger partial charge is 0.330 e. The number of rotatable bonds is 3. The maximum atomic E-state index is 5.62. The van der Waals surface area contributed by atoms with Crippen LogP contribution in [0.15, 0.2) is 10.3 Å². The molecule has 0 bridgehead atoms. The molecule has 1 heterocycles. The molecule has 84 valence electrons. The first-order chi connectivity index (χ1) is 7.38. The molecule has 4 heteroatoms. The van der Waals surface area contributed by atoms with E-state index in [9.17, 15) is 0 Å². The highest BCUT2D eigenvalue weighted by Gasteiger charge is 2.43. The van der Waals surface area contributed by atoms with Gasteiger partial charge in [0.05, 0.1) is 12.1 Å². The van der Waals surface area contributed by atoms with Crippen molar-refractivity contribution in [2.45, 2.75) is 56.7 Å². The van der Waals surface area contributed by atoms with Gasteiger partial charge in [-0.05, 0) is 51.0 Å². The quantitative estimate of drug-likeness (QED) is 0.767. The van der Waals surface area contributed by atoms with Gasteiger partial charge in [0.1, 0.15) is 0 Å². The van der Waals surface area contributed by atoms with Gasteiger partial charge in [0.25, 0.3) is 0 Å². The van der Waals surface area contributed by atoms with Gasteiger partial charge >= 0.3 is 0 Å². The Labute approximate surface area is 90.9 Å². The average molecular weight is 208 g/mol. The lowest BCUT2D eigenvalue weighted by atomic mass is 9.81. The Morgan fingerprint density at radius 3 is 2.80 bits per heavy atom. The SMILES string of the molecule is NCCC1CCC2C(C1)N=NN2C1CC1. The molecule has 3 rings (SSSR count). The van der Waals surface area contributed by atoms with Crippen molar-refractivity contribution in [3.8, 4) is 0 Å².